The first-order chi connectivity index (χ1) is 19.4. The fourth-order valence-electron chi connectivity index (χ4n) is 4.03. The minimum absolute atomic E-state index is 0.0178. The van der Waals surface area contributed by atoms with E-state index >= 15 is 0 Å². The van der Waals surface area contributed by atoms with E-state index < -0.39 is 59.7 Å². The molecule has 2 rings (SSSR count). The first-order valence-corrected chi connectivity index (χ1v) is 13.3. The molecule has 2 aromatic rings. The predicted octanol–water partition coefficient (Wildman–Crippen LogP) is 0.955. The van der Waals surface area contributed by atoms with Gasteiger partial charge in [-0.1, -0.05) is 62.7 Å². The van der Waals surface area contributed by atoms with Crippen LogP contribution in [0.4, 0.5) is 0 Å². The number of carbonyl (C=O) groups is 5. The Morgan fingerprint density at radius 3 is 1.90 bits per heavy atom. The van der Waals surface area contributed by atoms with Gasteiger partial charge in [0.25, 0.3) is 0 Å². The Kier molecular flexibility index (Phi) is 12.8. The molecule has 12 nitrogen and oxygen atoms in total. The van der Waals surface area contributed by atoms with Gasteiger partial charge in [0, 0.05) is 19.3 Å². The topological polar surface area (TPSA) is 208 Å². The lowest BCUT2D eigenvalue weighted by atomic mass is 9.96. The molecule has 3 amide bonds. The summed E-state index contributed by atoms with van der Waals surface area (Å²) in [5, 5.41) is 35.8. The first kappa shape index (κ1) is 32.8. The Labute approximate surface area is 238 Å². The number of phenols is 1. The van der Waals surface area contributed by atoms with Crippen LogP contribution in [0.25, 0.3) is 0 Å². The van der Waals surface area contributed by atoms with Gasteiger partial charge in [-0.3, -0.25) is 19.2 Å². The molecule has 0 heterocycles. The SMILES string of the molecule is CCC(C)C(NC(=O)C(Cc1ccccc1)NC(=O)C(N)CCC(=O)O)C(=O)NC(Cc1ccc(O)cc1)C(=O)O. The van der Waals surface area contributed by atoms with E-state index in [1.807, 2.05) is 6.92 Å². The molecule has 0 saturated carbocycles. The van der Waals surface area contributed by atoms with Gasteiger partial charge in [-0.15, -0.1) is 0 Å². The zero-order valence-electron chi connectivity index (χ0n) is 23.1. The van der Waals surface area contributed by atoms with E-state index in [4.69, 9.17) is 10.8 Å². The van der Waals surface area contributed by atoms with E-state index in [9.17, 15) is 34.2 Å². The standard InChI is InChI=1S/C29H38N4O8/c1-3-17(2)25(28(39)32-23(29(40)41)16-19-9-11-20(34)12-10-19)33-27(38)22(15-18-7-5-4-6-8-18)31-26(37)21(30)13-14-24(35)36/h4-12,17,21-23,25,34H,3,13-16,30H2,1-2H3,(H,31,37)(H,32,39)(H,33,38)(H,35,36)(H,40,41). The number of hydrogen-bond donors (Lipinski definition) is 7. The summed E-state index contributed by atoms with van der Waals surface area (Å²) in [6, 6.07) is 10.0. The fourth-order valence-corrected chi connectivity index (χ4v) is 4.03. The number of amides is 3. The fraction of sp³-hybridized carbons (Fsp3) is 0.414. The lowest BCUT2D eigenvalue weighted by Gasteiger charge is -2.28. The average Bonchev–Trinajstić information content (AvgIpc) is 2.94. The van der Waals surface area contributed by atoms with Crippen molar-refractivity contribution in [1.82, 2.24) is 16.0 Å². The summed E-state index contributed by atoms with van der Waals surface area (Å²) in [6.07, 6.45) is 0.0381. The maximum atomic E-state index is 13.5. The maximum absolute atomic E-state index is 13.5. The largest absolute Gasteiger partial charge is 0.508 e. The number of carboxylic acids is 2. The van der Waals surface area contributed by atoms with E-state index in [1.54, 1.807) is 49.4 Å². The quantitative estimate of drug-likeness (QED) is 0.153. The summed E-state index contributed by atoms with van der Waals surface area (Å²) in [6.45, 7) is 3.54. The van der Waals surface area contributed by atoms with Crippen molar-refractivity contribution in [3.8, 4) is 5.75 Å². The molecule has 8 N–H and O–H groups in total. The second-order valence-electron chi connectivity index (χ2n) is 9.93. The Morgan fingerprint density at radius 1 is 0.780 bits per heavy atom. The number of nitrogens with one attached hydrogen (secondary N) is 3. The highest BCUT2D eigenvalue weighted by atomic mass is 16.4. The highest BCUT2D eigenvalue weighted by Crippen LogP contribution is 2.14. The highest BCUT2D eigenvalue weighted by Gasteiger charge is 2.33. The average molecular weight is 571 g/mol. The molecule has 0 aliphatic heterocycles. The van der Waals surface area contributed by atoms with Gasteiger partial charge < -0.3 is 37.0 Å². The zero-order valence-corrected chi connectivity index (χ0v) is 23.1. The number of aromatic hydroxyl groups is 1. The summed E-state index contributed by atoms with van der Waals surface area (Å²) < 4.78 is 0. The highest BCUT2D eigenvalue weighted by molar-refractivity contribution is 5.94. The van der Waals surface area contributed by atoms with Crippen LogP contribution >= 0.6 is 0 Å². The third-order valence-corrected chi connectivity index (χ3v) is 6.71. The van der Waals surface area contributed by atoms with Crippen molar-refractivity contribution in [2.24, 2.45) is 11.7 Å². The number of carbonyl (C=O) groups excluding carboxylic acids is 3. The number of aliphatic carboxylic acids is 2. The van der Waals surface area contributed by atoms with Crippen molar-refractivity contribution in [2.75, 3.05) is 0 Å². The summed E-state index contributed by atoms with van der Waals surface area (Å²) in [7, 11) is 0. The molecule has 5 unspecified atom stereocenters. The molecule has 12 heteroatoms. The van der Waals surface area contributed by atoms with Crippen molar-refractivity contribution < 1.29 is 39.3 Å². The molecule has 41 heavy (non-hydrogen) atoms. The van der Waals surface area contributed by atoms with E-state index in [1.165, 1.54) is 12.1 Å². The van der Waals surface area contributed by atoms with Crippen molar-refractivity contribution in [3.05, 3.63) is 65.7 Å². The van der Waals surface area contributed by atoms with E-state index in [0.717, 1.165) is 5.56 Å². The van der Waals surface area contributed by atoms with Crippen LogP contribution in [-0.4, -0.2) is 69.1 Å². The van der Waals surface area contributed by atoms with Gasteiger partial charge >= 0.3 is 11.9 Å². The Bertz CT molecular complexity index is 1190. The zero-order chi connectivity index (χ0) is 30.5. The Balaban J connectivity index is 2.22. The molecule has 2 aromatic carbocycles. The van der Waals surface area contributed by atoms with Gasteiger partial charge in [-0.05, 0) is 35.6 Å². The monoisotopic (exact) mass is 570 g/mol. The molecule has 0 spiro atoms. The molecule has 0 aromatic heterocycles. The summed E-state index contributed by atoms with van der Waals surface area (Å²) in [5.41, 5.74) is 7.13. The van der Waals surface area contributed by atoms with Crippen LogP contribution in [0, 0.1) is 5.92 Å². The summed E-state index contributed by atoms with van der Waals surface area (Å²) >= 11 is 0. The third kappa shape index (κ3) is 10.9. The smallest absolute Gasteiger partial charge is 0.326 e. The van der Waals surface area contributed by atoms with Gasteiger partial charge in [0.15, 0.2) is 0 Å². The van der Waals surface area contributed by atoms with Crippen LogP contribution in [0.15, 0.2) is 54.6 Å². The van der Waals surface area contributed by atoms with Crippen molar-refractivity contribution in [3.63, 3.8) is 0 Å². The number of carboxylic acid groups (broad SMARTS) is 2. The van der Waals surface area contributed by atoms with Crippen LogP contribution in [0.3, 0.4) is 0 Å². The molecule has 0 bridgehead atoms. The molecule has 0 radical (unpaired) electrons. The molecular formula is C29H38N4O8. The molecular weight excluding hydrogens is 532 g/mol. The molecule has 222 valence electrons. The van der Waals surface area contributed by atoms with Crippen LogP contribution < -0.4 is 21.7 Å². The minimum atomic E-state index is -1.30. The van der Waals surface area contributed by atoms with Gasteiger partial charge in [0.2, 0.25) is 17.7 Å². The van der Waals surface area contributed by atoms with Gasteiger partial charge in [-0.25, -0.2) is 4.79 Å². The predicted molar refractivity (Wildman–Crippen MR) is 150 cm³/mol. The first-order valence-electron chi connectivity index (χ1n) is 13.3. The number of nitrogens with two attached hydrogens (primary N) is 1. The van der Waals surface area contributed by atoms with E-state index in [2.05, 4.69) is 16.0 Å². The minimum Gasteiger partial charge on any atom is -0.508 e. The molecule has 0 saturated heterocycles. The van der Waals surface area contributed by atoms with Crippen molar-refractivity contribution in [1.29, 1.82) is 0 Å². The van der Waals surface area contributed by atoms with Gasteiger partial charge in [-0.2, -0.15) is 0 Å². The second kappa shape index (κ2) is 16.0. The third-order valence-electron chi connectivity index (χ3n) is 6.71. The van der Waals surface area contributed by atoms with Gasteiger partial charge in [0.05, 0.1) is 6.04 Å². The lowest BCUT2D eigenvalue weighted by molar-refractivity contribution is -0.142. The van der Waals surface area contributed by atoms with E-state index in [0.29, 0.717) is 12.0 Å². The van der Waals surface area contributed by atoms with Crippen LogP contribution in [-0.2, 0) is 36.8 Å². The number of phenolic OH excluding ortho intramolecular Hbond substituents is 1. The lowest BCUT2D eigenvalue weighted by Crippen LogP contribution is -2.59. The Hall–Kier alpha value is -4.45. The summed E-state index contributed by atoms with van der Waals surface area (Å²) in [4.78, 5) is 62.3. The van der Waals surface area contributed by atoms with Crippen molar-refractivity contribution in [2.45, 2.75) is 70.1 Å². The van der Waals surface area contributed by atoms with Crippen LogP contribution in [0.1, 0.15) is 44.2 Å². The summed E-state index contributed by atoms with van der Waals surface area (Å²) in [5.74, 6) is -4.87. The van der Waals surface area contributed by atoms with Crippen LogP contribution in [0.5, 0.6) is 5.75 Å². The molecule has 5 atom stereocenters. The number of benzene rings is 2. The van der Waals surface area contributed by atoms with Crippen molar-refractivity contribution >= 4 is 29.7 Å². The Morgan fingerprint density at radius 2 is 1.34 bits per heavy atom. The normalized spacial score (nSPS) is 14.5. The second-order valence-corrected chi connectivity index (χ2v) is 9.93. The number of rotatable bonds is 16. The molecule has 0 fully saturated rings. The van der Waals surface area contributed by atoms with E-state index in [-0.39, 0.29) is 31.4 Å². The maximum Gasteiger partial charge on any atom is 0.326 e. The molecule has 0 aliphatic rings. The number of hydrogen-bond acceptors (Lipinski definition) is 7. The molecule has 0 aliphatic carbocycles. The van der Waals surface area contributed by atoms with Gasteiger partial charge in [0.1, 0.15) is 23.9 Å². The van der Waals surface area contributed by atoms with Crippen LogP contribution in [0.2, 0.25) is 0 Å².